The van der Waals surface area contributed by atoms with E-state index in [1.165, 1.54) is 0 Å². The lowest BCUT2D eigenvalue weighted by Gasteiger charge is -2.00. The minimum absolute atomic E-state index is 0.134. The van der Waals surface area contributed by atoms with Crippen LogP contribution < -0.4 is 5.69 Å². The Labute approximate surface area is 125 Å². The number of thiazole rings is 1. The van der Waals surface area contributed by atoms with Crippen LogP contribution >= 0.6 is 11.3 Å². The van der Waals surface area contributed by atoms with Crippen LogP contribution in [0.5, 0.6) is 0 Å². The van der Waals surface area contributed by atoms with Crippen LogP contribution in [0.15, 0.2) is 40.5 Å². The maximum atomic E-state index is 12.5. The lowest BCUT2D eigenvalue weighted by Crippen LogP contribution is -2.24. The summed E-state index contributed by atoms with van der Waals surface area (Å²) in [6, 6.07) is 8.60. The van der Waals surface area contributed by atoms with E-state index in [2.05, 4.69) is 15.4 Å². The number of rotatable bonds is 3. The van der Waals surface area contributed by atoms with E-state index in [-0.39, 0.29) is 11.6 Å². The maximum absolute atomic E-state index is 12.5. The fraction of sp³-hybridized carbons (Fsp3) is 0.167. The molecule has 0 aliphatic rings. The maximum Gasteiger partial charge on any atom is 0.434 e. The van der Waals surface area contributed by atoms with Crippen molar-refractivity contribution < 1.29 is 13.2 Å². The van der Waals surface area contributed by atoms with Crippen molar-refractivity contribution in [2.75, 3.05) is 0 Å². The van der Waals surface area contributed by atoms with Gasteiger partial charge in [0.2, 0.25) is 0 Å². The predicted molar refractivity (Wildman–Crippen MR) is 71.8 cm³/mol. The molecule has 2 aromatic heterocycles. The molecule has 0 fully saturated rings. The summed E-state index contributed by atoms with van der Waals surface area (Å²) in [6.07, 6.45) is -4.50. The summed E-state index contributed by atoms with van der Waals surface area (Å²) in [5.74, 6) is 0. The Hall–Kier alpha value is -2.49. The molecule has 0 saturated carbocycles. The molecule has 1 aromatic carbocycles. The number of nitrogens with zero attached hydrogens (tertiary/aromatic N) is 5. The zero-order chi connectivity index (χ0) is 15.7. The topological polar surface area (TPSA) is 65.6 Å². The Morgan fingerprint density at radius 3 is 2.50 bits per heavy atom. The lowest BCUT2D eigenvalue weighted by molar-refractivity contribution is -0.140. The zero-order valence-corrected chi connectivity index (χ0v) is 11.7. The number of hydrogen-bond acceptors (Lipinski definition) is 5. The van der Waals surface area contributed by atoms with Crippen LogP contribution in [0.4, 0.5) is 13.2 Å². The van der Waals surface area contributed by atoms with Crippen molar-refractivity contribution in [1.82, 2.24) is 24.8 Å². The van der Waals surface area contributed by atoms with Gasteiger partial charge < -0.3 is 0 Å². The first-order chi connectivity index (χ1) is 10.4. The van der Waals surface area contributed by atoms with Crippen molar-refractivity contribution >= 4 is 11.3 Å². The fourth-order valence-electron chi connectivity index (χ4n) is 1.75. The van der Waals surface area contributed by atoms with E-state index < -0.39 is 17.6 Å². The molecule has 0 aliphatic heterocycles. The summed E-state index contributed by atoms with van der Waals surface area (Å²) in [7, 11) is 0. The summed E-state index contributed by atoms with van der Waals surface area (Å²) in [5.41, 5.74) is -1.00. The fourth-order valence-corrected chi connectivity index (χ4v) is 2.53. The largest absolute Gasteiger partial charge is 0.434 e. The third-order valence-corrected chi connectivity index (χ3v) is 3.60. The first-order valence-corrected chi connectivity index (χ1v) is 6.93. The van der Waals surface area contributed by atoms with E-state index in [4.69, 9.17) is 0 Å². The molecule has 2 heterocycles. The number of halogens is 3. The Morgan fingerprint density at radius 1 is 1.14 bits per heavy atom. The quantitative estimate of drug-likeness (QED) is 0.737. The first kappa shape index (κ1) is 14.4. The Bertz CT molecular complexity index is 836. The SMILES string of the molecule is O=c1n(Cc2nc(C(F)(F)F)cs2)nnn1-c1ccccc1. The first-order valence-electron chi connectivity index (χ1n) is 6.05. The molecule has 6 nitrogen and oxygen atoms in total. The summed E-state index contributed by atoms with van der Waals surface area (Å²) >= 11 is 0.817. The molecule has 0 saturated heterocycles. The van der Waals surface area contributed by atoms with E-state index in [9.17, 15) is 18.0 Å². The van der Waals surface area contributed by atoms with E-state index in [1.54, 1.807) is 30.3 Å². The second-order valence-corrected chi connectivity index (χ2v) is 5.23. The van der Waals surface area contributed by atoms with E-state index in [0.29, 0.717) is 5.69 Å². The molecule has 0 aliphatic carbocycles. The molecule has 0 spiro atoms. The lowest BCUT2D eigenvalue weighted by atomic mass is 10.3. The van der Waals surface area contributed by atoms with Gasteiger partial charge in [-0.15, -0.1) is 11.3 Å². The summed E-state index contributed by atoms with van der Waals surface area (Å²) < 4.78 is 39.5. The zero-order valence-electron chi connectivity index (χ0n) is 10.9. The molecule has 3 rings (SSSR count). The van der Waals surface area contributed by atoms with Crippen LogP contribution in [0.25, 0.3) is 5.69 Å². The van der Waals surface area contributed by atoms with Gasteiger partial charge in [-0.05, 0) is 22.6 Å². The van der Waals surface area contributed by atoms with Crippen LogP contribution in [0.1, 0.15) is 10.7 Å². The molecule has 0 radical (unpaired) electrons. The number of para-hydroxylation sites is 1. The molecule has 114 valence electrons. The predicted octanol–water partition coefficient (Wildman–Crippen LogP) is 1.95. The van der Waals surface area contributed by atoms with Crippen molar-refractivity contribution in [3.8, 4) is 5.69 Å². The van der Waals surface area contributed by atoms with Crippen molar-refractivity contribution in [2.45, 2.75) is 12.7 Å². The number of aromatic nitrogens is 5. The van der Waals surface area contributed by atoms with Gasteiger partial charge in [-0.2, -0.15) is 22.5 Å². The van der Waals surface area contributed by atoms with Crippen LogP contribution in [0.2, 0.25) is 0 Å². The average molecular weight is 327 g/mol. The average Bonchev–Trinajstić information content (AvgIpc) is 3.08. The monoisotopic (exact) mass is 327 g/mol. The van der Waals surface area contributed by atoms with Gasteiger partial charge >= 0.3 is 11.9 Å². The van der Waals surface area contributed by atoms with Gasteiger partial charge in [-0.1, -0.05) is 18.2 Å². The van der Waals surface area contributed by atoms with Crippen molar-refractivity contribution in [3.63, 3.8) is 0 Å². The minimum Gasteiger partial charge on any atom is -0.244 e. The Balaban J connectivity index is 1.87. The van der Waals surface area contributed by atoms with E-state index in [1.807, 2.05) is 0 Å². The van der Waals surface area contributed by atoms with Crippen LogP contribution in [0.3, 0.4) is 0 Å². The number of alkyl halides is 3. The molecule has 0 unspecified atom stereocenters. The molecule has 0 N–H and O–H groups in total. The minimum atomic E-state index is -4.50. The molecule has 0 bridgehead atoms. The molecule has 0 amide bonds. The summed E-state index contributed by atoms with van der Waals surface area (Å²) in [6.45, 7) is -0.160. The number of benzene rings is 1. The van der Waals surface area contributed by atoms with Gasteiger partial charge in [-0.3, -0.25) is 0 Å². The smallest absolute Gasteiger partial charge is 0.244 e. The van der Waals surface area contributed by atoms with E-state index in [0.717, 1.165) is 26.1 Å². The highest BCUT2D eigenvalue weighted by molar-refractivity contribution is 7.09. The second-order valence-electron chi connectivity index (χ2n) is 4.29. The molecule has 3 aromatic rings. The normalized spacial score (nSPS) is 11.8. The van der Waals surface area contributed by atoms with Gasteiger partial charge in [-0.25, -0.2) is 9.78 Å². The molecule has 0 atom stereocenters. The van der Waals surface area contributed by atoms with E-state index >= 15 is 0 Å². The molecule has 10 heteroatoms. The number of hydrogen-bond donors (Lipinski definition) is 0. The highest BCUT2D eigenvalue weighted by atomic mass is 32.1. The third kappa shape index (κ3) is 2.77. The Kier molecular flexibility index (Phi) is 3.53. The second kappa shape index (κ2) is 5.37. The summed E-state index contributed by atoms with van der Waals surface area (Å²) in [4.78, 5) is 15.6. The van der Waals surface area contributed by atoms with Gasteiger partial charge in [0.1, 0.15) is 11.6 Å². The highest BCUT2D eigenvalue weighted by Gasteiger charge is 2.33. The Morgan fingerprint density at radius 2 is 1.86 bits per heavy atom. The molecular weight excluding hydrogens is 319 g/mol. The number of tetrazole rings is 1. The third-order valence-electron chi connectivity index (χ3n) is 2.77. The van der Waals surface area contributed by atoms with Crippen LogP contribution in [0, 0.1) is 0 Å². The van der Waals surface area contributed by atoms with Gasteiger partial charge in [0.25, 0.3) is 0 Å². The van der Waals surface area contributed by atoms with Crippen molar-refractivity contribution in [2.24, 2.45) is 0 Å². The standard InChI is InChI=1S/C12H8F3N5OS/c13-12(14,15)9-7-22-10(16-9)6-19-11(21)20(18-17-19)8-4-2-1-3-5-8/h1-5,7H,6H2. The van der Waals surface area contributed by atoms with Gasteiger partial charge in [0.05, 0.1) is 5.69 Å². The van der Waals surface area contributed by atoms with Crippen molar-refractivity contribution in [3.05, 3.63) is 56.9 Å². The highest BCUT2D eigenvalue weighted by Crippen LogP contribution is 2.30. The summed E-state index contributed by atoms with van der Waals surface area (Å²) in [5, 5.41) is 8.41. The van der Waals surface area contributed by atoms with Crippen LogP contribution in [-0.2, 0) is 12.7 Å². The van der Waals surface area contributed by atoms with Crippen molar-refractivity contribution in [1.29, 1.82) is 0 Å². The molecular formula is C12H8F3N5OS. The van der Waals surface area contributed by atoms with Crippen LogP contribution in [-0.4, -0.2) is 24.8 Å². The van der Waals surface area contributed by atoms with Gasteiger partial charge in [0.15, 0.2) is 5.69 Å². The molecule has 22 heavy (non-hydrogen) atoms. The van der Waals surface area contributed by atoms with Gasteiger partial charge in [0, 0.05) is 5.38 Å².